The van der Waals surface area contributed by atoms with Crippen molar-refractivity contribution in [3.63, 3.8) is 0 Å². The maximum atomic E-state index is 5.64. The van der Waals surface area contributed by atoms with Gasteiger partial charge in [-0.1, -0.05) is 12.2 Å². The van der Waals surface area contributed by atoms with Crippen LogP contribution in [0.1, 0.15) is 12.8 Å². The Hall–Kier alpha value is -0.340. The van der Waals surface area contributed by atoms with Gasteiger partial charge in [0, 0.05) is 12.6 Å². The average Bonchev–Trinajstić information content (AvgIpc) is 2.47. The Bertz CT molecular complexity index is 165. The fourth-order valence-electron chi connectivity index (χ4n) is 2.29. The summed E-state index contributed by atoms with van der Waals surface area (Å²) in [7, 11) is 0. The fourth-order valence-corrected chi connectivity index (χ4v) is 2.29. The molecule has 0 spiro atoms. The molecule has 0 bridgehead atoms. The summed E-state index contributed by atoms with van der Waals surface area (Å²) in [6.45, 7) is 1.96. The third kappa shape index (κ3) is 1.21. The van der Waals surface area contributed by atoms with Gasteiger partial charge in [0.1, 0.15) is 0 Å². The van der Waals surface area contributed by atoms with Crippen molar-refractivity contribution in [1.29, 1.82) is 0 Å². The second-order valence-corrected chi connectivity index (χ2v) is 3.59. The summed E-state index contributed by atoms with van der Waals surface area (Å²) in [4.78, 5) is 0. The van der Waals surface area contributed by atoms with E-state index in [1.807, 2.05) is 0 Å². The molecule has 3 unspecified atom stereocenters. The molecule has 62 valence electrons. The van der Waals surface area contributed by atoms with Crippen LogP contribution in [0.5, 0.6) is 0 Å². The lowest BCUT2D eigenvalue weighted by atomic mass is 9.83. The molecule has 2 nitrogen and oxygen atoms in total. The Labute approximate surface area is 67.8 Å². The van der Waals surface area contributed by atoms with Crippen molar-refractivity contribution < 1.29 is 0 Å². The van der Waals surface area contributed by atoms with Crippen molar-refractivity contribution in [1.82, 2.24) is 5.32 Å². The molecule has 1 aliphatic carbocycles. The molecular formula is C9H16N2. The van der Waals surface area contributed by atoms with Crippen LogP contribution in [0.15, 0.2) is 12.2 Å². The second-order valence-electron chi connectivity index (χ2n) is 3.59. The Kier molecular flexibility index (Phi) is 1.96. The number of allylic oxidation sites excluding steroid dienone is 1. The van der Waals surface area contributed by atoms with Gasteiger partial charge in [0.2, 0.25) is 0 Å². The van der Waals surface area contributed by atoms with Gasteiger partial charge in [-0.3, -0.25) is 0 Å². The lowest BCUT2D eigenvalue weighted by Gasteiger charge is -2.22. The van der Waals surface area contributed by atoms with Gasteiger partial charge in [-0.05, 0) is 31.2 Å². The highest BCUT2D eigenvalue weighted by atomic mass is 15.0. The van der Waals surface area contributed by atoms with Crippen LogP contribution in [0.2, 0.25) is 0 Å². The summed E-state index contributed by atoms with van der Waals surface area (Å²) in [5, 5.41) is 3.47. The fraction of sp³-hybridized carbons (Fsp3) is 0.778. The van der Waals surface area contributed by atoms with Crippen LogP contribution in [-0.2, 0) is 0 Å². The van der Waals surface area contributed by atoms with E-state index in [1.54, 1.807) is 0 Å². The summed E-state index contributed by atoms with van der Waals surface area (Å²) >= 11 is 0. The Balaban J connectivity index is 2.08. The van der Waals surface area contributed by atoms with Crippen LogP contribution in [-0.4, -0.2) is 19.1 Å². The third-order valence-corrected chi connectivity index (χ3v) is 2.97. The molecule has 11 heavy (non-hydrogen) atoms. The van der Waals surface area contributed by atoms with E-state index in [9.17, 15) is 0 Å². The lowest BCUT2D eigenvalue weighted by molar-refractivity contribution is 0.402. The normalized spacial score (nSPS) is 42.5. The highest BCUT2D eigenvalue weighted by molar-refractivity contribution is 5.06. The summed E-state index contributed by atoms with van der Waals surface area (Å²) in [6, 6.07) is 0.552. The summed E-state index contributed by atoms with van der Waals surface area (Å²) in [6.07, 6.45) is 7.27. The van der Waals surface area contributed by atoms with Crippen LogP contribution in [0.3, 0.4) is 0 Å². The molecule has 0 saturated carbocycles. The molecule has 1 aliphatic heterocycles. The van der Waals surface area contributed by atoms with Gasteiger partial charge in [-0.15, -0.1) is 0 Å². The molecule has 0 radical (unpaired) electrons. The molecule has 0 amide bonds. The van der Waals surface area contributed by atoms with Gasteiger partial charge >= 0.3 is 0 Å². The topological polar surface area (TPSA) is 38.0 Å². The molecule has 1 saturated heterocycles. The summed E-state index contributed by atoms with van der Waals surface area (Å²) in [5.74, 6) is 1.60. The minimum Gasteiger partial charge on any atom is -0.329 e. The van der Waals surface area contributed by atoms with Crippen LogP contribution < -0.4 is 11.1 Å². The van der Waals surface area contributed by atoms with Crippen molar-refractivity contribution in [3.8, 4) is 0 Å². The van der Waals surface area contributed by atoms with E-state index in [0.29, 0.717) is 6.04 Å². The van der Waals surface area contributed by atoms with E-state index in [4.69, 9.17) is 5.73 Å². The first-order valence-corrected chi connectivity index (χ1v) is 4.52. The molecular weight excluding hydrogens is 136 g/mol. The zero-order valence-electron chi connectivity index (χ0n) is 6.79. The van der Waals surface area contributed by atoms with Crippen molar-refractivity contribution in [2.75, 3.05) is 13.1 Å². The molecule has 2 heteroatoms. The van der Waals surface area contributed by atoms with Gasteiger partial charge in [-0.25, -0.2) is 0 Å². The van der Waals surface area contributed by atoms with Gasteiger partial charge in [-0.2, -0.15) is 0 Å². The molecule has 0 aromatic rings. The second kappa shape index (κ2) is 2.95. The average molecular weight is 152 g/mol. The number of hydrogen-bond donors (Lipinski definition) is 2. The van der Waals surface area contributed by atoms with E-state index < -0.39 is 0 Å². The summed E-state index contributed by atoms with van der Waals surface area (Å²) < 4.78 is 0. The largest absolute Gasteiger partial charge is 0.329 e. The predicted octanol–water partition coefficient (Wildman–Crippen LogP) is 0.499. The Morgan fingerprint density at radius 3 is 3.27 bits per heavy atom. The molecule has 1 heterocycles. The zero-order chi connectivity index (χ0) is 7.68. The van der Waals surface area contributed by atoms with Crippen LogP contribution in [0.4, 0.5) is 0 Å². The van der Waals surface area contributed by atoms with E-state index in [0.717, 1.165) is 18.4 Å². The molecule has 1 fully saturated rings. The van der Waals surface area contributed by atoms with Gasteiger partial charge < -0.3 is 11.1 Å². The van der Waals surface area contributed by atoms with Crippen LogP contribution >= 0.6 is 0 Å². The predicted molar refractivity (Wildman–Crippen MR) is 46.2 cm³/mol. The molecule has 3 N–H and O–H groups in total. The summed E-state index contributed by atoms with van der Waals surface area (Å²) in [5.41, 5.74) is 5.64. The van der Waals surface area contributed by atoms with Crippen molar-refractivity contribution in [2.24, 2.45) is 17.6 Å². The van der Waals surface area contributed by atoms with E-state index in [-0.39, 0.29) is 0 Å². The SMILES string of the molecule is NCC1NCC2CCC=CC21. The van der Waals surface area contributed by atoms with Crippen molar-refractivity contribution in [3.05, 3.63) is 12.2 Å². The monoisotopic (exact) mass is 152 g/mol. The van der Waals surface area contributed by atoms with Gasteiger partial charge in [0.05, 0.1) is 0 Å². The smallest absolute Gasteiger partial charge is 0.0256 e. The zero-order valence-corrected chi connectivity index (χ0v) is 6.79. The number of nitrogens with one attached hydrogen (secondary N) is 1. The first kappa shape index (κ1) is 7.32. The van der Waals surface area contributed by atoms with E-state index in [2.05, 4.69) is 17.5 Å². The third-order valence-electron chi connectivity index (χ3n) is 2.97. The lowest BCUT2D eigenvalue weighted by Crippen LogP contribution is -2.34. The van der Waals surface area contributed by atoms with Crippen LogP contribution in [0.25, 0.3) is 0 Å². The maximum absolute atomic E-state index is 5.64. The first-order valence-electron chi connectivity index (χ1n) is 4.52. The molecule has 0 aromatic heterocycles. The standard InChI is InChI=1S/C9H16N2/c10-5-9-8-4-2-1-3-7(8)6-11-9/h2,4,7-9,11H,1,3,5-6,10H2. The van der Waals surface area contributed by atoms with Gasteiger partial charge in [0.25, 0.3) is 0 Å². The molecule has 3 atom stereocenters. The highest BCUT2D eigenvalue weighted by Gasteiger charge is 2.33. The van der Waals surface area contributed by atoms with Crippen molar-refractivity contribution >= 4 is 0 Å². The minimum atomic E-state index is 0.552. The quantitative estimate of drug-likeness (QED) is 0.537. The first-order chi connectivity index (χ1) is 5.42. The van der Waals surface area contributed by atoms with Crippen molar-refractivity contribution in [2.45, 2.75) is 18.9 Å². The number of hydrogen-bond acceptors (Lipinski definition) is 2. The maximum Gasteiger partial charge on any atom is 0.0256 e. The van der Waals surface area contributed by atoms with E-state index in [1.165, 1.54) is 19.4 Å². The number of nitrogens with two attached hydrogens (primary N) is 1. The number of rotatable bonds is 1. The highest BCUT2D eigenvalue weighted by Crippen LogP contribution is 2.30. The minimum absolute atomic E-state index is 0.552. The Morgan fingerprint density at radius 1 is 1.55 bits per heavy atom. The molecule has 2 aliphatic rings. The number of fused-ring (bicyclic) bond motifs is 1. The Morgan fingerprint density at radius 2 is 2.45 bits per heavy atom. The van der Waals surface area contributed by atoms with E-state index >= 15 is 0 Å². The molecule has 0 aromatic carbocycles. The molecule has 2 rings (SSSR count). The van der Waals surface area contributed by atoms with Gasteiger partial charge in [0.15, 0.2) is 0 Å². The van der Waals surface area contributed by atoms with Crippen LogP contribution in [0, 0.1) is 11.8 Å².